The highest BCUT2D eigenvalue weighted by Crippen LogP contribution is 2.33. The molecule has 9 heteroatoms. The Bertz CT molecular complexity index is 989. The van der Waals surface area contributed by atoms with Gasteiger partial charge in [-0.3, -0.25) is 4.90 Å². The highest BCUT2D eigenvalue weighted by molar-refractivity contribution is 5.58. The van der Waals surface area contributed by atoms with E-state index in [1.165, 1.54) is 12.1 Å². The second-order valence-electron chi connectivity index (χ2n) is 7.74. The maximum atomic E-state index is 11.2. The number of likely N-dealkylation sites (tertiary alicyclic amines) is 1. The standard InChI is InChI=1S/C21H25N5O4/c1-24(2)16-8-6-14(7-9-16)12-25-13-18(27)11-19(25)21-22-20(23-30-21)15-4-3-5-17(10-15)26(28)29/h3-10,18-19,26-28H,11-13H2,1-2H3/t18-,19+/m1/s1. The summed E-state index contributed by atoms with van der Waals surface area (Å²) in [6, 6.07) is 14.5. The summed E-state index contributed by atoms with van der Waals surface area (Å²) >= 11 is 0. The largest absolute Gasteiger partial charge is 0.595 e. The van der Waals surface area contributed by atoms with Crippen molar-refractivity contribution in [1.29, 1.82) is 0 Å². The van der Waals surface area contributed by atoms with Gasteiger partial charge in [0, 0.05) is 50.6 Å². The molecule has 3 aromatic rings. The molecule has 2 heterocycles. The first kappa shape index (κ1) is 20.5. The monoisotopic (exact) mass is 411 g/mol. The molecule has 0 bridgehead atoms. The fourth-order valence-corrected chi connectivity index (χ4v) is 3.72. The molecule has 1 saturated heterocycles. The lowest BCUT2D eigenvalue weighted by atomic mass is 10.1. The van der Waals surface area contributed by atoms with E-state index in [1.54, 1.807) is 12.1 Å². The molecule has 1 unspecified atom stereocenters. The Hall–Kier alpha value is -2.82. The number of aromatic nitrogens is 2. The van der Waals surface area contributed by atoms with Crippen LogP contribution >= 0.6 is 0 Å². The summed E-state index contributed by atoms with van der Waals surface area (Å²) < 4.78 is 5.50. The van der Waals surface area contributed by atoms with Crippen LogP contribution in [0.1, 0.15) is 23.9 Å². The van der Waals surface area contributed by atoms with Crippen LogP contribution in [-0.4, -0.2) is 52.1 Å². The van der Waals surface area contributed by atoms with Crippen molar-refractivity contribution in [3.8, 4) is 11.4 Å². The number of nitrogens with zero attached hydrogens (tertiary/aromatic N) is 4. The number of aliphatic hydroxyl groups excluding tert-OH is 1. The molecule has 2 aromatic carbocycles. The minimum atomic E-state index is -1.01. The lowest BCUT2D eigenvalue weighted by Crippen LogP contribution is -2.99. The molecule has 3 N–H and O–H groups in total. The van der Waals surface area contributed by atoms with E-state index in [4.69, 9.17) is 4.52 Å². The average molecular weight is 411 g/mol. The van der Waals surface area contributed by atoms with E-state index < -0.39 is 11.3 Å². The van der Waals surface area contributed by atoms with Crippen LogP contribution in [0, 0.1) is 5.21 Å². The summed E-state index contributed by atoms with van der Waals surface area (Å²) in [5.41, 5.74) is 3.00. The van der Waals surface area contributed by atoms with E-state index in [1.807, 2.05) is 19.0 Å². The molecule has 1 aliphatic heterocycles. The van der Waals surface area contributed by atoms with Gasteiger partial charge in [-0.2, -0.15) is 10.2 Å². The minimum Gasteiger partial charge on any atom is -0.595 e. The van der Waals surface area contributed by atoms with Crippen molar-refractivity contribution in [3.05, 3.63) is 65.2 Å². The molecular formula is C21H25N5O4. The highest BCUT2D eigenvalue weighted by atomic mass is 16.8. The lowest BCUT2D eigenvalue weighted by Gasteiger charge is -2.21. The number of hydrogen-bond donors (Lipinski definition) is 3. The minimum absolute atomic E-state index is 0.165. The van der Waals surface area contributed by atoms with Gasteiger partial charge < -0.3 is 19.7 Å². The van der Waals surface area contributed by atoms with E-state index in [9.17, 15) is 15.5 Å². The third-order valence-electron chi connectivity index (χ3n) is 5.31. The van der Waals surface area contributed by atoms with Crippen LogP contribution in [0.25, 0.3) is 11.4 Å². The molecule has 0 spiro atoms. The summed E-state index contributed by atoms with van der Waals surface area (Å²) in [4.78, 5) is 8.67. The van der Waals surface area contributed by atoms with Crippen molar-refractivity contribution in [2.75, 3.05) is 25.5 Å². The van der Waals surface area contributed by atoms with Gasteiger partial charge in [-0.25, -0.2) is 5.21 Å². The number of hydrogen-bond acceptors (Lipinski definition) is 8. The average Bonchev–Trinajstić information content (AvgIpc) is 3.35. The van der Waals surface area contributed by atoms with Crippen molar-refractivity contribution < 1.29 is 20.1 Å². The summed E-state index contributed by atoms with van der Waals surface area (Å²) in [6.45, 7) is 1.17. The summed E-state index contributed by atoms with van der Waals surface area (Å²) in [5.74, 6) is 0.761. The molecule has 1 aliphatic rings. The Balaban J connectivity index is 1.53. The van der Waals surface area contributed by atoms with Crippen molar-refractivity contribution in [3.63, 3.8) is 0 Å². The normalized spacial score (nSPS) is 20.4. The van der Waals surface area contributed by atoms with Gasteiger partial charge in [-0.15, -0.1) is 0 Å². The van der Waals surface area contributed by atoms with Crippen LogP contribution in [-0.2, 0) is 6.54 Å². The Morgan fingerprint density at radius 1 is 1.23 bits per heavy atom. The fourth-order valence-electron chi connectivity index (χ4n) is 3.72. The number of aliphatic hydroxyl groups is 1. The Morgan fingerprint density at radius 3 is 2.70 bits per heavy atom. The van der Waals surface area contributed by atoms with Crippen LogP contribution in [0.2, 0.25) is 0 Å². The molecule has 158 valence electrons. The van der Waals surface area contributed by atoms with Gasteiger partial charge in [-0.1, -0.05) is 29.4 Å². The Labute approximate surface area is 174 Å². The molecule has 1 fully saturated rings. The Kier molecular flexibility index (Phi) is 5.80. The molecule has 9 nitrogen and oxygen atoms in total. The quantitative estimate of drug-likeness (QED) is 0.523. The highest BCUT2D eigenvalue weighted by Gasteiger charge is 2.36. The van der Waals surface area contributed by atoms with Crippen LogP contribution in [0.3, 0.4) is 0 Å². The maximum absolute atomic E-state index is 11.2. The second-order valence-corrected chi connectivity index (χ2v) is 7.74. The lowest BCUT2D eigenvalue weighted by molar-refractivity contribution is -0.991. The van der Waals surface area contributed by atoms with Crippen LogP contribution < -0.4 is 10.1 Å². The van der Waals surface area contributed by atoms with E-state index in [-0.39, 0.29) is 11.7 Å². The first-order valence-electron chi connectivity index (χ1n) is 9.76. The number of nitrogens with one attached hydrogen (secondary N) is 1. The summed E-state index contributed by atoms with van der Waals surface area (Å²) in [5, 5.41) is 33.7. The van der Waals surface area contributed by atoms with E-state index >= 15 is 0 Å². The zero-order chi connectivity index (χ0) is 21.3. The molecule has 0 saturated carbocycles. The van der Waals surface area contributed by atoms with E-state index in [2.05, 4.69) is 39.3 Å². The molecule has 1 aromatic heterocycles. The van der Waals surface area contributed by atoms with E-state index in [0.717, 1.165) is 11.3 Å². The molecule has 4 rings (SSSR count). The van der Waals surface area contributed by atoms with Crippen LogP contribution in [0.4, 0.5) is 11.4 Å². The van der Waals surface area contributed by atoms with Gasteiger partial charge in [-0.05, 0) is 24.1 Å². The zero-order valence-electron chi connectivity index (χ0n) is 16.9. The predicted molar refractivity (Wildman–Crippen MR) is 110 cm³/mol. The topological polar surface area (TPSA) is 113 Å². The first-order chi connectivity index (χ1) is 14.4. The van der Waals surface area contributed by atoms with Crippen LogP contribution in [0.15, 0.2) is 53.1 Å². The first-order valence-corrected chi connectivity index (χ1v) is 9.76. The van der Waals surface area contributed by atoms with Gasteiger partial charge in [0.05, 0.1) is 12.1 Å². The zero-order valence-corrected chi connectivity index (χ0v) is 16.9. The number of benzene rings is 2. The molecular weight excluding hydrogens is 386 g/mol. The Morgan fingerprint density at radius 2 is 2.00 bits per heavy atom. The SMILES string of the molecule is CN(C)c1ccc(CN2C[C@H](O)C[C@H]2c2nc(-c3cccc([NH+]([O-])O)c3)no2)cc1. The molecule has 0 radical (unpaired) electrons. The third kappa shape index (κ3) is 4.35. The van der Waals surface area contributed by atoms with E-state index in [0.29, 0.717) is 36.8 Å². The van der Waals surface area contributed by atoms with Gasteiger partial charge in [0.1, 0.15) is 0 Å². The molecule has 0 aliphatic carbocycles. The smallest absolute Gasteiger partial charge is 0.244 e. The van der Waals surface area contributed by atoms with Gasteiger partial charge in [0.15, 0.2) is 5.69 Å². The fraction of sp³-hybridized carbons (Fsp3) is 0.333. The summed E-state index contributed by atoms with van der Waals surface area (Å²) in [7, 11) is 4.00. The van der Waals surface area contributed by atoms with Gasteiger partial charge in [0.25, 0.3) is 0 Å². The number of anilines is 1. The molecule has 0 amide bonds. The number of rotatable bonds is 6. The van der Waals surface area contributed by atoms with Gasteiger partial charge in [0.2, 0.25) is 11.7 Å². The van der Waals surface area contributed by atoms with Gasteiger partial charge >= 0.3 is 0 Å². The number of β-amino-alcohol motifs (C(OH)–C–C–N with tert-alkyl or cyclic N) is 1. The van der Waals surface area contributed by atoms with Crippen molar-refractivity contribution >= 4 is 11.4 Å². The number of quaternary nitrogens is 1. The predicted octanol–water partition coefficient (Wildman–Crippen LogP) is 1.51. The van der Waals surface area contributed by atoms with Crippen molar-refractivity contribution in [2.24, 2.45) is 0 Å². The second kappa shape index (κ2) is 8.50. The van der Waals surface area contributed by atoms with Crippen molar-refractivity contribution in [2.45, 2.75) is 25.1 Å². The molecule has 30 heavy (non-hydrogen) atoms. The van der Waals surface area contributed by atoms with Crippen LogP contribution in [0.5, 0.6) is 0 Å². The maximum Gasteiger partial charge on any atom is 0.244 e. The summed E-state index contributed by atoms with van der Waals surface area (Å²) in [6.07, 6.45) is 0.0359. The third-order valence-corrected chi connectivity index (χ3v) is 5.31. The van der Waals surface area contributed by atoms with Crippen molar-refractivity contribution in [1.82, 2.24) is 15.0 Å². The molecule has 3 atom stereocenters.